The van der Waals surface area contributed by atoms with Crippen LogP contribution in [-0.2, 0) is 20.9 Å². The molecule has 2 aliphatic rings. The number of aliphatic hydroxyl groups is 1. The summed E-state index contributed by atoms with van der Waals surface area (Å²) in [5, 5.41) is 32.4. The van der Waals surface area contributed by atoms with Crippen molar-refractivity contribution in [1.29, 1.82) is 0 Å². The van der Waals surface area contributed by atoms with Crippen LogP contribution in [0, 0.1) is 16.0 Å². The van der Waals surface area contributed by atoms with E-state index in [1.807, 2.05) is 0 Å². The Kier molecular flexibility index (Phi) is 7.36. The molecule has 2 heterocycles. The van der Waals surface area contributed by atoms with E-state index in [2.05, 4.69) is 5.32 Å². The molecule has 2 amide bonds. The summed E-state index contributed by atoms with van der Waals surface area (Å²) in [5.41, 5.74) is 0.553. The third kappa shape index (κ3) is 5.02. The molecular weight excluding hydrogens is 442 g/mol. The second kappa shape index (κ2) is 10.0. The Hall–Kier alpha value is -3.12. The summed E-state index contributed by atoms with van der Waals surface area (Å²) in [7, 11) is 0. The molecule has 0 radical (unpaired) electrons. The molecule has 12 heteroatoms. The average molecular weight is 465 g/mol. The van der Waals surface area contributed by atoms with E-state index in [1.54, 1.807) is 0 Å². The first-order chi connectivity index (χ1) is 15.2. The van der Waals surface area contributed by atoms with Gasteiger partial charge < -0.3 is 25.2 Å². The van der Waals surface area contributed by atoms with E-state index >= 15 is 0 Å². The molecule has 3 rings (SSSR count). The smallest absolute Gasteiger partial charge is 0.407 e. The lowest BCUT2D eigenvalue weighted by molar-refractivity contribution is -0.384. The molecule has 1 saturated heterocycles. The molecule has 1 aromatic rings. The number of carbonyl (C=O) groups is 3. The second-order valence-corrected chi connectivity index (χ2v) is 8.64. The van der Waals surface area contributed by atoms with E-state index < -0.39 is 29.0 Å². The van der Waals surface area contributed by atoms with Gasteiger partial charge in [0.1, 0.15) is 12.3 Å². The summed E-state index contributed by atoms with van der Waals surface area (Å²) in [6.07, 6.45) is -0.511. The standard InChI is InChI=1S/C20H23N3O8S/c1-11(24)16-14-9-15(17(19(26)27)22(14)18(16)25)32-8-2-7-21-20(28)31-10-12-3-5-13(6-4-12)23(29)30/h3-6,11,14,16,24H,2,7-10H2,1H3,(H,21,28)(H,26,27)/t11-,14+,16-/m0/s1. The normalized spacial score (nSPS) is 20.4. The fraction of sp³-hybridized carbons (Fsp3) is 0.450. The Labute approximate surface area is 187 Å². The van der Waals surface area contributed by atoms with Crippen LogP contribution in [0.3, 0.4) is 0 Å². The number of thioether (sulfide) groups is 1. The number of rotatable bonds is 10. The Morgan fingerprint density at radius 3 is 2.66 bits per heavy atom. The highest BCUT2D eigenvalue weighted by molar-refractivity contribution is 8.03. The van der Waals surface area contributed by atoms with Gasteiger partial charge in [0.25, 0.3) is 5.69 Å². The number of hydrogen-bond donors (Lipinski definition) is 3. The largest absolute Gasteiger partial charge is 0.477 e. The van der Waals surface area contributed by atoms with Crippen molar-refractivity contribution in [1.82, 2.24) is 10.2 Å². The summed E-state index contributed by atoms with van der Waals surface area (Å²) in [6, 6.07) is 5.36. The number of nitrogens with zero attached hydrogens (tertiary/aromatic N) is 2. The van der Waals surface area contributed by atoms with E-state index in [1.165, 1.54) is 47.9 Å². The van der Waals surface area contributed by atoms with Crippen LogP contribution < -0.4 is 5.32 Å². The minimum absolute atomic E-state index is 0.0163. The molecule has 0 spiro atoms. The van der Waals surface area contributed by atoms with Crippen LogP contribution in [0.4, 0.5) is 10.5 Å². The van der Waals surface area contributed by atoms with Crippen LogP contribution in [0.1, 0.15) is 25.3 Å². The Bertz CT molecular complexity index is 947. The van der Waals surface area contributed by atoms with Gasteiger partial charge in [0.2, 0.25) is 5.91 Å². The first-order valence-electron chi connectivity index (χ1n) is 9.95. The van der Waals surface area contributed by atoms with E-state index in [9.17, 15) is 34.7 Å². The van der Waals surface area contributed by atoms with Crippen molar-refractivity contribution in [2.24, 2.45) is 5.92 Å². The van der Waals surface area contributed by atoms with E-state index in [-0.39, 0.29) is 29.9 Å². The van der Waals surface area contributed by atoms with Gasteiger partial charge in [-0.2, -0.15) is 0 Å². The van der Waals surface area contributed by atoms with Crippen molar-refractivity contribution < 1.29 is 34.3 Å². The number of benzene rings is 1. The molecule has 2 aliphatic heterocycles. The monoisotopic (exact) mass is 465 g/mol. The van der Waals surface area contributed by atoms with Gasteiger partial charge in [-0.3, -0.25) is 14.9 Å². The predicted octanol–water partition coefficient (Wildman–Crippen LogP) is 1.85. The summed E-state index contributed by atoms with van der Waals surface area (Å²) < 4.78 is 5.06. The molecule has 1 fully saturated rings. The van der Waals surface area contributed by atoms with E-state index in [4.69, 9.17) is 4.74 Å². The van der Waals surface area contributed by atoms with Crippen molar-refractivity contribution in [3.05, 3.63) is 50.5 Å². The van der Waals surface area contributed by atoms with Gasteiger partial charge in [0.05, 0.1) is 23.0 Å². The maximum atomic E-state index is 12.2. The second-order valence-electron chi connectivity index (χ2n) is 7.45. The quantitative estimate of drug-likeness (QED) is 0.203. The number of hydrogen-bond acceptors (Lipinski definition) is 8. The van der Waals surface area contributed by atoms with Crippen LogP contribution in [0.25, 0.3) is 0 Å². The first kappa shape index (κ1) is 23.5. The number of aliphatic carboxylic acids is 1. The SMILES string of the molecule is C[C@H](O)[C@@H]1C(=O)N2C(C(=O)O)=C(SCCCNC(=O)OCc3ccc([N+](=O)[O-])cc3)C[C@H]12. The van der Waals surface area contributed by atoms with Crippen LogP contribution in [0.15, 0.2) is 34.9 Å². The molecule has 0 saturated carbocycles. The third-order valence-electron chi connectivity index (χ3n) is 5.27. The maximum absolute atomic E-state index is 12.2. The molecule has 1 aromatic carbocycles. The molecule has 0 bridgehead atoms. The molecule has 172 valence electrons. The predicted molar refractivity (Wildman–Crippen MR) is 113 cm³/mol. The van der Waals surface area contributed by atoms with Crippen LogP contribution in [-0.4, -0.2) is 62.4 Å². The Morgan fingerprint density at radius 2 is 2.06 bits per heavy atom. The number of aliphatic hydroxyl groups excluding tert-OH is 1. The van der Waals surface area contributed by atoms with Crippen LogP contribution in [0.5, 0.6) is 0 Å². The number of carboxylic acids is 1. The molecular formula is C20H23N3O8S. The molecule has 0 aromatic heterocycles. The minimum atomic E-state index is -1.17. The van der Waals surface area contributed by atoms with Crippen molar-refractivity contribution in [3.8, 4) is 0 Å². The van der Waals surface area contributed by atoms with Gasteiger partial charge in [-0.15, -0.1) is 11.8 Å². The molecule has 0 aliphatic carbocycles. The Morgan fingerprint density at radius 1 is 1.38 bits per heavy atom. The zero-order valence-electron chi connectivity index (χ0n) is 17.2. The lowest BCUT2D eigenvalue weighted by Gasteiger charge is -2.44. The van der Waals surface area contributed by atoms with Crippen LogP contribution >= 0.6 is 11.8 Å². The Balaban J connectivity index is 1.39. The van der Waals surface area contributed by atoms with E-state index in [0.29, 0.717) is 35.6 Å². The van der Waals surface area contributed by atoms with Gasteiger partial charge in [-0.1, -0.05) is 0 Å². The third-order valence-corrected chi connectivity index (χ3v) is 6.48. The number of fused-ring (bicyclic) bond motifs is 1. The number of β-lactam (4-membered cyclic amide) rings is 1. The van der Waals surface area contributed by atoms with Gasteiger partial charge in [0.15, 0.2) is 0 Å². The summed E-state index contributed by atoms with van der Waals surface area (Å²) in [6.45, 7) is 1.81. The topological polar surface area (TPSA) is 159 Å². The van der Waals surface area contributed by atoms with Gasteiger partial charge in [-0.25, -0.2) is 9.59 Å². The maximum Gasteiger partial charge on any atom is 0.407 e. The summed E-state index contributed by atoms with van der Waals surface area (Å²) in [4.78, 5) is 47.5. The molecule has 32 heavy (non-hydrogen) atoms. The number of nitro benzene ring substituents is 1. The number of carbonyl (C=O) groups excluding carboxylic acids is 2. The van der Waals surface area contributed by atoms with E-state index in [0.717, 1.165) is 0 Å². The number of carboxylic acid groups (broad SMARTS) is 1. The molecule has 3 atom stereocenters. The van der Waals surface area contributed by atoms with Gasteiger partial charge >= 0.3 is 12.1 Å². The van der Waals surface area contributed by atoms with Gasteiger partial charge in [-0.05, 0) is 36.8 Å². The fourth-order valence-corrected chi connectivity index (χ4v) is 4.88. The highest BCUT2D eigenvalue weighted by Gasteiger charge is 2.56. The number of amides is 2. The number of nitrogens with one attached hydrogen (secondary N) is 1. The fourth-order valence-electron chi connectivity index (χ4n) is 3.73. The molecule has 3 N–H and O–H groups in total. The highest BCUT2D eigenvalue weighted by Crippen LogP contribution is 2.47. The number of nitro groups is 1. The minimum Gasteiger partial charge on any atom is -0.477 e. The van der Waals surface area contributed by atoms with Crippen LogP contribution in [0.2, 0.25) is 0 Å². The van der Waals surface area contributed by atoms with Crippen molar-refractivity contribution in [2.75, 3.05) is 12.3 Å². The number of alkyl carbamates (subject to hydrolysis) is 1. The summed E-state index contributed by atoms with van der Waals surface area (Å²) >= 11 is 1.33. The van der Waals surface area contributed by atoms with Crippen molar-refractivity contribution in [2.45, 2.75) is 38.5 Å². The van der Waals surface area contributed by atoms with Crippen molar-refractivity contribution in [3.63, 3.8) is 0 Å². The zero-order valence-corrected chi connectivity index (χ0v) is 18.0. The average Bonchev–Trinajstić information content (AvgIpc) is 3.06. The number of non-ortho nitro benzene ring substituents is 1. The number of ether oxygens (including phenoxy) is 1. The lowest BCUT2D eigenvalue weighted by atomic mass is 9.83. The lowest BCUT2D eigenvalue weighted by Crippen LogP contribution is -2.61. The van der Waals surface area contributed by atoms with Gasteiger partial charge in [0, 0.05) is 30.0 Å². The van der Waals surface area contributed by atoms with Crippen molar-refractivity contribution >= 4 is 35.4 Å². The zero-order chi connectivity index (χ0) is 23.4. The highest BCUT2D eigenvalue weighted by atomic mass is 32.2. The first-order valence-corrected chi connectivity index (χ1v) is 10.9. The molecule has 0 unspecified atom stereocenters. The summed E-state index contributed by atoms with van der Waals surface area (Å²) in [5.74, 6) is -1.58. The molecule has 11 nitrogen and oxygen atoms in total.